The molecule has 0 radical (unpaired) electrons. The molecule has 0 atom stereocenters. The number of nitrogens with zero attached hydrogens (tertiary/aromatic N) is 1. The van der Waals surface area contributed by atoms with Gasteiger partial charge in [-0.1, -0.05) is 0 Å². The zero-order chi connectivity index (χ0) is 14.1. The number of amides is 1. The highest BCUT2D eigenvalue weighted by atomic mass is 16.7. The van der Waals surface area contributed by atoms with Crippen LogP contribution in [0.1, 0.15) is 10.4 Å². The van der Waals surface area contributed by atoms with Crippen molar-refractivity contribution in [2.45, 2.75) is 0 Å². The molecular formula is C12H10N4O4. The van der Waals surface area contributed by atoms with Gasteiger partial charge in [-0.05, 0) is 12.1 Å². The predicted octanol–water partition coefficient (Wildman–Crippen LogP) is 0.333. The summed E-state index contributed by atoms with van der Waals surface area (Å²) in [5, 5.41) is 8.42. The van der Waals surface area contributed by atoms with Crippen molar-refractivity contribution in [2.24, 2.45) is 0 Å². The number of H-pyrrole nitrogens is 1. The SMILES string of the molecule is Nc1cc2c(cc1C(=O)Nc1ccc(=O)[nH]n1)OCO2. The highest BCUT2D eigenvalue weighted by Gasteiger charge is 2.19. The van der Waals surface area contributed by atoms with E-state index < -0.39 is 5.91 Å². The molecule has 0 saturated carbocycles. The molecule has 1 amide bonds. The van der Waals surface area contributed by atoms with Crippen LogP contribution < -0.4 is 26.1 Å². The molecule has 8 nitrogen and oxygen atoms in total. The van der Waals surface area contributed by atoms with Gasteiger partial charge < -0.3 is 20.5 Å². The first kappa shape index (κ1) is 12.0. The summed E-state index contributed by atoms with van der Waals surface area (Å²) in [5.74, 6) is 0.715. The minimum Gasteiger partial charge on any atom is -0.454 e. The molecule has 0 saturated heterocycles. The van der Waals surface area contributed by atoms with E-state index in [9.17, 15) is 9.59 Å². The first-order valence-electron chi connectivity index (χ1n) is 5.70. The van der Waals surface area contributed by atoms with Crippen LogP contribution in [-0.4, -0.2) is 22.9 Å². The van der Waals surface area contributed by atoms with Crippen LogP contribution in [0.5, 0.6) is 11.5 Å². The number of anilines is 2. The van der Waals surface area contributed by atoms with Crippen molar-refractivity contribution in [3.8, 4) is 11.5 Å². The van der Waals surface area contributed by atoms with Crippen LogP contribution in [-0.2, 0) is 0 Å². The number of hydrogen-bond donors (Lipinski definition) is 3. The smallest absolute Gasteiger partial charge is 0.264 e. The lowest BCUT2D eigenvalue weighted by molar-refractivity contribution is 0.102. The number of benzene rings is 1. The molecule has 0 aliphatic carbocycles. The molecule has 1 aliphatic rings. The average Bonchev–Trinajstić information content (AvgIpc) is 2.87. The van der Waals surface area contributed by atoms with Gasteiger partial charge >= 0.3 is 0 Å². The fourth-order valence-corrected chi connectivity index (χ4v) is 1.75. The molecule has 1 aliphatic heterocycles. The third-order valence-electron chi connectivity index (χ3n) is 2.71. The zero-order valence-electron chi connectivity index (χ0n) is 10.2. The summed E-state index contributed by atoms with van der Waals surface area (Å²) in [6.07, 6.45) is 0. The number of carbonyl (C=O) groups is 1. The van der Waals surface area contributed by atoms with E-state index in [0.29, 0.717) is 11.5 Å². The molecule has 2 aromatic rings. The molecule has 3 rings (SSSR count). The van der Waals surface area contributed by atoms with E-state index in [1.807, 2.05) is 0 Å². The maximum Gasteiger partial charge on any atom is 0.264 e. The zero-order valence-corrected chi connectivity index (χ0v) is 10.2. The van der Waals surface area contributed by atoms with Crippen LogP contribution in [0.15, 0.2) is 29.1 Å². The highest BCUT2D eigenvalue weighted by Crippen LogP contribution is 2.36. The number of carbonyl (C=O) groups excluding carboxylic acids is 1. The first-order chi connectivity index (χ1) is 9.63. The minimum absolute atomic E-state index is 0.0985. The largest absolute Gasteiger partial charge is 0.454 e. The Morgan fingerprint density at radius 3 is 2.75 bits per heavy atom. The minimum atomic E-state index is -0.458. The Labute approximate surface area is 112 Å². The number of fused-ring (bicyclic) bond motifs is 1. The van der Waals surface area contributed by atoms with Crippen LogP contribution in [0.25, 0.3) is 0 Å². The second-order valence-electron chi connectivity index (χ2n) is 4.05. The number of ether oxygens (including phenoxy) is 2. The number of rotatable bonds is 2. The number of aromatic nitrogens is 2. The summed E-state index contributed by atoms with van der Waals surface area (Å²) >= 11 is 0. The van der Waals surface area contributed by atoms with Crippen molar-refractivity contribution < 1.29 is 14.3 Å². The Kier molecular flexibility index (Phi) is 2.75. The van der Waals surface area contributed by atoms with E-state index in [1.165, 1.54) is 24.3 Å². The summed E-state index contributed by atoms with van der Waals surface area (Å²) in [4.78, 5) is 23.0. The predicted molar refractivity (Wildman–Crippen MR) is 69.8 cm³/mol. The molecule has 0 unspecified atom stereocenters. The Bertz CT molecular complexity index is 720. The maximum atomic E-state index is 12.1. The third kappa shape index (κ3) is 2.14. The molecule has 0 fully saturated rings. The Morgan fingerprint density at radius 2 is 2.05 bits per heavy atom. The number of nitrogens with one attached hydrogen (secondary N) is 2. The van der Waals surface area contributed by atoms with Crippen LogP contribution in [0.4, 0.5) is 11.5 Å². The topological polar surface area (TPSA) is 119 Å². The van der Waals surface area contributed by atoms with Gasteiger partial charge in [-0.3, -0.25) is 9.59 Å². The van der Waals surface area contributed by atoms with Crippen molar-refractivity contribution in [3.05, 3.63) is 40.2 Å². The van der Waals surface area contributed by atoms with Gasteiger partial charge in [0, 0.05) is 17.8 Å². The standard InChI is InChI=1S/C12H10N4O4/c13-7-4-9-8(19-5-20-9)3-6(7)12(18)14-10-1-2-11(17)16-15-10/h1-4H,5,13H2,(H,16,17)(H,14,15,18). The lowest BCUT2D eigenvalue weighted by Gasteiger charge is -2.07. The fourth-order valence-electron chi connectivity index (χ4n) is 1.75. The van der Waals surface area contributed by atoms with Crippen molar-refractivity contribution in [2.75, 3.05) is 17.8 Å². The quantitative estimate of drug-likeness (QED) is 0.679. The number of nitrogens with two attached hydrogens (primary N) is 1. The van der Waals surface area contributed by atoms with Crippen molar-refractivity contribution in [1.82, 2.24) is 10.2 Å². The Hall–Kier alpha value is -3.03. The molecular weight excluding hydrogens is 264 g/mol. The molecule has 4 N–H and O–H groups in total. The highest BCUT2D eigenvalue weighted by molar-refractivity contribution is 6.07. The van der Waals surface area contributed by atoms with E-state index in [-0.39, 0.29) is 29.4 Å². The summed E-state index contributed by atoms with van der Waals surface area (Å²) in [6.45, 7) is 0.0985. The van der Waals surface area contributed by atoms with Gasteiger partial charge in [-0.2, -0.15) is 5.10 Å². The average molecular weight is 274 g/mol. The van der Waals surface area contributed by atoms with E-state index in [0.717, 1.165) is 0 Å². The number of nitrogen functional groups attached to an aromatic ring is 1. The van der Waals surface area contributed by atoms with E-state index in [1.54, 1.807) is 0 Å². The second kappa shape index (κ2) is 4.57. The molecule has 1 aromatic heterocycles. The summed E-state index contributed by atoms with van der Waals surface area (Å²) < 4.78 is 10.3. The van der Waals surface area contributed by atoms with Crippen molar-refractivity contribution in [1.29, 1.82) is 0 Å². The second-order valence-corrected chi connectivity index (χ2v) is 4.05. The van der Waals surface area contributed by atoms with Gasteiger partial charge in [0.05, 0.1) is 5.56 Å². The van der Waals surface area contributed by atoms with E-state index in [2.05, 4.69) is 15.5 Å². The van der Waals surface area contributed by atoms with E-state index >= 15 is 0 Å². The third-order valence-corrected chi connectivity index (χ3v) is 2.71. The number of aromatic amines is 1. The normalized spacial score (nSPS) is 12.2. The Balaban J connectivity index is 1.87. The van der Waals surface area contributed by atoms with Crippen LogP contribution >= 0.6 is 0 Å². The summed E-state index contributed by atoms with van der Waals surface area (Å²) in [7, 11) is 0. The van der Waals surface area contributed by atoms with Gasteiger partial charge in [0.15, 0.2) is 17.3 Å². The lowest BCUT2D eigenvalue weighted by Crippen LogP contribution is -2.17. The number of hydrogen-bond acceptors (Lipinski definition) is 6. The fraction of sp³-hybridized carbons (Fsp3) is 0.0833. The molecule has 1 aromatic carbocycles. The van der Waals surface area contributed by atoms with Gasteiger partial charge in [0.25, 0.3) is 11.5 Å². The molecule has 20 heavy (non-hydrogen) atoms. The van der Waals surface area contributed by atoms with Gasteiger partial charge in [-0.25, -0.2) is 5.10 Å². The van der Waals surface area contributed by atoms with Gasteiger partial charge in [0.1, 0.15) is 0 Å². The van der Waals surface area contributed by atoms with Crippen LogP contribution in [0, 0.1) is 0 Å². The van der Waals surface area contributed by atoms with E-state index in [4.69, 9.17) is 15.2 Å². The summed E-state index contributed by atoms with van der Waals surface area (Å²) in [6, 6.07) is 5.67. The molecule has 102 valence electrons. The van der Waals surface area contributed by atoms with Crippen LogP contribution in [0.2, 0.25) is 0 Å². The van der Waals surface area contributed by atoms with Crippen LogP contribution in [0.3, 0.4) is 0 Å². The van der Waals surface area contributed by atoms with Gasteiger partial charge in [-0.15, -0.1) is 0 Å². The lowest BCUT2D eigenvalue weighted by atomic mass is 10.1. The van der Waals surface area contributed by atoms with Gasteiger partial charge in [0.2, 0.25) is 6.79 Å². The molecule has 2 heterocycles. The molecule has 8 heteroatoms. The molecule has 0 bridgehead atoms. The van der Waals surface area contributed by atoms with Crippen molar-refractivity contribution >= 4 is 17.4 Å². The van der Waals surface area contributed by atoms with Crippen molar-refractivity contribution in [3.63, 3.8) is 0 Å². The summed E-state index contributed by atoms with van der Waals surface area (Å²) in [5.41, 5.74) is 5.94. The molecule has 0 spiro atoms. The monoisotopic (exact) mass is 274 g/mol. The first-order valence-corrected chi connectivity index (χ1v) is 5.70. The Morgan fingerprint density at radius 1 is 1.30 bits per heavy atom. The maximum absolute atomic E-state index is 12.1.